The van der Waals surface area contributed by atoms with Gasteiger partial charge in [0.2, 0.25) is 5.91 Å². The van der Waals surface area contributed by atoms with E-state index >= 15 is 0 Å². The lowest BCUT2D eigenvalue weighted by atomic mass is 9.95. The molecule has 0 aliphatic carbocycles. The molecule has 1 aromatic heterocycles. The van der Waals surface area contributed by atoms with Gasteiger partial charge in [-0.3, -0.25) is 9.59 Å². The Kier molecular flexibility index (Phi) is 3.00. The van der Waals surface area contributed by atoms with E-state index in [1.165, 1.54) is 11.3 Å². The molecule has 1 aromatic carbocycles. The number of fused-ring (bicyclic) bond motifs is 1. The highest BCUT2D eigenvalue weighted by Gasteiger charge is 2.28. The second kappa shape index (κ2) is 4.81. The van der Waals surface area contributed by atoms with Crippen molar-refractivity contribution >= 4 is 28.3 Å². The van der Waals surface area contributed by atoms with Gasteiger partial charge in [0, 0.05) is 23.6 Å². The van der Waals surface area contributed by atoms with Gasteiger partial charge in [-0.1, -0.05) is 18.2 Å². The minimum atomic E-state index is -0.550. The number of anilines is 1. The molecule has 1 unspecified atom stereocenters. The van der Waals surface area contributed by atoms with Gasteiger partial charge in [0.25, 0.3) is 5.91 Å². The molecule has 1 aliphatic heterocycles. The zero-order valence-electron chi connectivity index (χ0n) is 9.92. The fourth-order valence-electron chi connectivity index (χ4n) is 2.06. The molecule has 0 radical (unpaired) electrons. The summed E-state index contributed by atoms with van der Waals surface area (Å²) >= 11 is 1.35. The van der Waals surface area contributed by atoms with Crippen molar-refractivity contribution in [1.29, 1.82) is 0 Å². The minimum Gasteiger partial charge on any atom is -0.340 e. The molecule has 96 valence electrons. The second-order valence-corrected chi connectivity index (χ2v) is 5.11. The summed E-state index contributed by atoms with van der Waals surface area (Å²) in [5.74, 6) is -0.445. The van der Waals surface area contributed by atoms with Crippen LogP contribution in [-0.4, -0.2) is 22.8 Å². The molecule has 3 rings (SSSR count). The molecule has 0 bridgehead atoms. The van der Waals surface area contributed by atoms with Crippen LogP contribution in [0.4, 0.5) is 5.13 Å². The molecule has 1 atom stereocenters. The molecule has 5 nitrogen and oxygen atoms in total. The molecule has 1 aliphatic rings. The Bertz CT molecular complexity index is 625. The molecule has 2 amide bonds. The molecule has 6 heteroatoms. The van der Waals surface area contributed by atoms with Crippen molar-refractivity contribution in [2.45, 2.75) is 12.5 Å². The Morgan fingerprint density at radius 1 is 1.42 bits per heavy atom. The summed E-state index contributed by atoms with van der Waals surface area (Å²) in [5, 5.41) is 7.73. The van der Waals surface area contributed by atoms with Crippen molar-refractivity contribution in [2.75, 3.05) is 5.32 Å². The van der Waals surface area contributed by atoms with Gasteiger partial charge < -0.3 is 10.6 Å². The Morgan fingerprint density at radius 2 is 2.26 bits per heavy atom. The van der Waals surface area contributed by atoms with Crippen LogP contribution in [0.25, 0.3) is 0 Å². The third kappa shape index (κ3) is 2.34. The van der Waals surface area contributed by atoms with Crippen LogP contribution in [0, 0.1) is 0 Å². The number of thiazole rings is 1. The maximum atomic E-state index is 12.1. The number of hydrogen-bond acceptors (Lipinski definition) is 4. The quantitative estimate of drug-likeness (QED) is 0.869. The van der Waals surface area contributed by atoms with Gasteiger partial charge in [0.15, 0.2) is 5.13 Å². The summed E-state index contributed by atoms with van der Waals surface area (Å²) in [6.45, 7) is 0. The molecule has 2 N–H and O–H groups in total. The van der Waals surface area contributed by atoms with Crippen LogP contribution in [0.3, 0.4) is 0 Å². The number of nitrogens with zero attached hydrogens (tertiary/aromatic N) is 1. The first-order valence-corrected chi connectivity index (χ1v) is 6.71. The average Bonchev–Trinajstić information content (AvgIpc) is 2.91. The first-order valence-electron chi connectivity index (χ1n) is 5.83. The normalized spacial score (nSPS) is 17.5. The Balaban J connectivity index is 1.78. The van der Waals surface area contributed by atoms with Gasteiger partial charge in [0.05, 0.1) is 0 Å². The first-order chi connectivity index (χ1) is 9.24. The van der Waals surface area contributed by atoms with E-state index < -0.39 is 6.04 Å². The van der Waals surface area contributed by atoms with Crippen LogP contribution in [0.15, 0.2) is 35.8 Å². The predicted molar refractivity (Wildman–Crippen MR) is 72.1 cm³/mol. The number of benzene rings is 1. The van der Waals surface area contributed by atoms with Crippen LogP contribution < -0.4 is 10.6 Å². The molecule has 0 spiro atoms. The van der Waals surface area contributed by atoms with E-state index in [1.807, 2.05) is 18.2 Å². The fourth-order valence-corrected chi connectivity index (χ4v) is 2.59. The Morgan fingerprint density at radius 3 is 3.05 bits per heavy atom. The lowest BCUT2D eigenvalue weighted by Gasteiger charge is -2.24. The van der Waals surface area contributed by atoms with E-state index in [4.69, 9.17) is 0 Å². The first kappa shape index (κ1) is 11.9. The molecule has 0 saturated carbocycles. The third-order valence-electron chi connectivity index (χ3n) is 2.97. The van der Waals surface area contributed by atoms with Crippen LogP contribution >= 0.6 is 11.3 Å². The van der Waals surface area contributed by atoms with Crippen LogP contribution in [0.5, 0.6) is 0 Å². The number of nitrogens with one attached hydrogen (secondary N) is 2. The number of carbonyl (C=O) groups is 2. The SMILES string of the molecule is O=C1NC(C(=O)Nc2nccs2)Cc2ccccc21. The Labute approximate surface area is 113 Å². The number of carbonyl (C=O) groups excluding carboxylic acids is 2. The summed E-state index contributed by atoms with van der Waals surface area (Å²) < 4.78 is 0. The van der Waals surface area contributed by atoms with Crippen molar-refractivity contribution in [3.05, 3.63) is 47.0 Å². The maximum absolute atomic E-state index is 12.1. The monoisotopic (exact) mass is 273 g/mol. The lowest BCUT2D eigenvalue weighted by molar-refractivity contribution is -0.118. The summed E-state index contributed by atoms with van der Waals surface area (Å²) in [7, 11) is 0. The lowest BCUT2D eigenvalue weighted by Crippen LogP contribution is -2.48. The van der Waals surface area contributed by atoms with E-state index in [2.05, 4.69) is 15.6 Å². The van der Waals surface area contributed by atoms with E-state index in [0.717, 1.165) is 5.56 Å². The van der Waals surface area contributed by atoms with Gasteiger partial charge in [-0.15, -0.1) is 11.3 Å². The average molecular weight is 273 g/mol. The van der Waals surface area contributed by atoms with Crippen molar-refractivity contribution in [3.63, 3.8) is 0 Å². The van der Waals surface area contributed by atoms with Crippen LogP contribution in [0.1, 0.15) is 15.9 Å². The Hall–Kier alpha value is -2.21. The van der Waals surface area contributed by atoms with E-state index in [1.54, 1.807) is 17.6 Å². The van der Waals surface area contributed by atoms with E-state index in [-0.39, 0.29) is 11.8 Å². The number of rotatable bonds is 2. The summed E-state index contributed by atoms with van der Waals surface area (Å²) in [4.78, 5) is 27.9. The smallest absolute Gasteiger partial charge is 0.252 e. The second-order valence-electron chi connectivity index (χ2n) is 4.21. The van der Waals surface area contributed by atoms with Crippen molar-refractivity contribution in [1.82, 2.24) is 10.3 Å². The van der Waals surface area contributed by atoms with Gasteiger partial charge >= 0.3 is 0 Å². The zero-order chi connectivity index (χ0) is 13.2. The predicted octanol–water partition coefficient (Wildman–Crippen LogP) is 1.44. The number of aromatic nitrogens is 1. The standard InChI is InChI=1S/C13H11N3O2S/c17-11-9-4-2-1-3-8(9)7-10(15-11)12(18)16-13-14-5-6-19-13/h1-6,10H,7H2,(H,15,17)(H,14,16,18). The highest BCUT2D eigenvalue weighted by Crippen LogP contribution is 2.18. The molecule has 2 heterocycles. The zero-order valence-corrected chi connectivity index (χ0v) is 10.7. The minimum absolute atomic E-state index is 0.207. The number of amides is 2. The van der Waals surface area contributed by atoms with Crippen LogP contribution in [-0.2, 0) is 11.2 Å². The third-order valence-corrected chi connectivity index (χ3v) is 3.66. The summed E-state index contributed by atoms with van der Waals surface area (Å²) in [6.07, 6.45) is 2.12. The maximum Gasteiger partial charge on any atom is 0.252 e. The highest BCUT2D eigenvalue weighted by atomic mass is 32.1. The van der Waals surface area contributed by atoms with Gasteiger partial charge in [-0.05, 0) is 11.6 Å². The van der Waals surface area contributed by atoms with Crippen LogP contribution in [0.2, 0.25) is 0 Å². The van der Waals surface area contributed by atoms with Crippen molar-refractivity contribution in [2.24, 2.45) is 0 Å². The van der Waals surface area contributed by atoms with Gasteiger partial charge in [0.1, 0.15) is 6.04 Å². The summed E-state index contributed by atoms with van der Waals surface area (Å²) in [6, 6.07) is 6.77. The molecule has 0 fully saturated rings. The molecule has 0 saturated heterocycles. The fraction of sp³-hybridized carbons (Fsp3) is 0.154. The van der Waals surface area contributed by atoms with E-state index in [0.29, 0.717) is 17.1 Å². The molecule has 2 aromatic rings. The van der Waals surface area contributed by atoms with Crippen molar-refractivity contribution in [3.8, 4) is 0 Å². The highest BCUT2D eigenvalue weighted by molar-refractivity contribution is 7.13. The molecular formula is C13H11N3O2S. The topological polar surface area (TPSA) is 71.1 Å². The van der Waals surface area contributed by atoms with Gasteiger partial charge in [-0.2, -0.15) is 0 Å². The molecular weight excluding hydrogens is 262 g/mol. The summed E-state index contributed by atoms with van der Waals surface area (Å²) in [5.41, 5.74) is 1.53. The van der Waals surface area contributed by atoms with Crippen molar-refractivity contribution < 1.29 is 9.59 Å². The molecule has 19 heavy (non-hydrogen) atoms. The van der Waals surface area contributed by atoms with Gasteiger partial charge in [-0.25, -0.2) is 4.98 Å². The largest absolute Gasteiger partial charge is 0.340 e. The van der Waals surface area contributed by atoms with E-state index in [9.17, 15) is 9.59 Å². The number of hydrogen-bond donors (Lipinski definition) is 2.